The third kappa shape index (κ3) is 4.35. The Morgan fingerprint density at radius 2 is 1.74 bits per heavy atom. The number of amides is 1. The van der Waals surface area contributed by atoms with Crippen molar-refractivity contribution in [3.05, 3.63) is 29.8 Å². The summed E-state index contributed by atoms with van der Waals surface area (Å²) in [5.41, 5.74) is 0.920. The first-order chi connectivity index (χ1) is 8.75. The Hall–Kier alpha value is -1.36. The molecule has 1 amide bonds. The summed E-state index contributed by atoms with van der Waals surface area (Å²) in [5, 5.41) is 2.95. The van der Waals surface area contributed by atoms with Gasteiger partial charge >= 0.3 is 0 Å². The minimum absolute atomic E-state index is 0.000889. The monoisotopic (exact) mass is 283 g/mol. The van der Waals surface area contributed by atoms with E-state index in [2.05, 4.69) is 5.32 Å². The molecule has 1 aromatic carbocycles. The zero-order valence-electron chi connectivity index (χ0n) is 11.8. The molecule has 0 radical (unpaired) electrons. The Labute approximate surface area is 115 Å². The molecular formula is C14H21NO3S. The molecule has 1 rings (SSSR count). The summed E-state index contributed by atoms with van der Waals surface area (Å²) in [4.78, 5) is 12.0. The van der Waals surface area contributed by atoms with Gasteiger partial charge in [-0.1, -0.05) is 32.9 Å². The molecule has 0 fully saturated rings. The van der Waals surface area contributed by atoms with E-state index in [-0.39, 0.29) is 17.9 Å². The zero-order valence-corrected chi connectivity index (χ0v) is 12.6. The van der Waals surface area contributed by atoms with E-state index in [1.54, 1.807) is 24.3 Å². The van der Waals surface area contributed by atoms with E-state index in [1.807, 2.05) is 20.8 Å². The van der Waals surface area contributed by atoms with Gasteiger partial charge in [0.25, 0.3) is 0 Å². The summed E-state index contributed by atoms with van der Waals surface area (Å²) in [7, 11) is -3.18. The molecule has 0 saturated heterocycles. The highest BCUT2D eigenvalue weighted by Gasteiger charge is 2.15. The minimum atomic E-state index is -3.18. The number of hydrogen-bond acceptors (Lipinski definition) is 3. The van der Waals surface area contributed by atoms with Gasteiger partial charge in [-0.05, 0) is 24.1 Å². The summed E-state index contributed by atoms with van der Waals surface area (Å²) < 4.78 is 22.8. The van der Waals surface area contributed by atoms with Crippen LogP contribution in [0.4, 0.5) is 0 Å². The van der Waals surface area contributed by atoms with Crippen molar-refractivity contribution in [2.45, 2.75) is 38.1 Å². The highest BCUT2D eigenvalue weighted by Crippen LogP contribution is 2.19. The lowest BCUT2D eigenvalue weighted by Crippen LogP contribution is -2.31. The summed E-state index contributed by atoms with van der Waals surface area (Å²) in [6.07, 6.45) is 1.94. The number of hydrogen-bond donors (Lipinski definition) is 1. The predicted molar refractivity (Wildman–Crippen MR) is 75.6 cm³/mol. The van der Waals surface area contributed by atoms with Crippen LogP contribution in [0.2, 0.25) is 0 Å². The number of carbonyl (C=O) groups excluding carboxylic acids is 1. The van der Waals surface area contributed by atoms with Gasteiger partial charge in [-0.3, -0.25) is 4.79 Å². The molecule has 1 aromatic rings. The van der Waals surface area contributed by atoms with Crippen LogP contribution in [-0.4, -0.2) is 20.6 Å². The van der Waals surface area contributed by atoms with Crippen LogP contribution in [0.1, 0.15) is 38.8 Å². The van der Waals surface area contributed by atoms with Crippen molar-refractivity contribution in [2.75, 3.05) is 6.26 Å². The van der Waals surface area contributed by atoms with Crippen molar-refractivity contribution in [2.24, 2.45) is 5.92 Å². The van der Waals surface area contributed by atoms with E-state index in [1.165, 1.54) is 6.26 Å². The number of benzene rings is 1. The third-order valence-electron chi connectivity index (χ3n) is 2.96. The van der Waals surface area contributed by atoms with Gasteiger partial charge in [0.1, 0.15) is 0 Å². The van der Waals surface area contributed by atoms with Crippen molar-refractivity contribution >= 4 is 15.7 Å². The molecule has 0 aliphatic rings. The second-order valence-electron chi connectivity index (χ2n) is 4.97. The maximum absolute atomic E-state index is 11.7. The van der Waals surface area contributed by atoms with E-state index in [0.717, 1.165) is 12.0 Å². The van der Waals surface area contributed by atoms with Gasteiger partial charge in [-0.15, -0.1) is 0 Å². The fourth-order valence-electron chi connectivity index (χ4n) is 1.71. The van der Waals surface area contributed by atoms with Crippen molar-refractivity contribution in [1.82, 2.24) is 5.32 Å². The molecule has 0 aliphatic heterocycles. The standard InChI is InChI=1S/C14H21NO3S/c1-5-13(15-14(16)10(2)3)11-6-8-12(9-7-11)19(4,17)18/h6-10,13H,5H2,1-4H3,(H,15,16)/t13-/m0/s1. The molecule has 0 unspecified atom stereocenters. The second kappa shape index (κ2) is 6.19. The minimum Gasteiger partial charge on any atom is -0.349 e. The van der Waals surface area contributed by atoms with Gasteiger partial charge in [0, 0.05) is 12.2 Å². The fourth-order valence-corrected chi connectivity index (χ4v) is 2.34. The molecule has 0 aliphatic carbocycles. The first-order valence-corrected chi connectivity index (χ1v) is 8.25. The van der Waals surface area contributed by atoms with E-state index in [4.69, 9.17) is 0 Å². The van der Waals surface area contributed by atoms with E-state index in [0.29, 0.717) is 4.90 Å². The van der Waals surface area contributed by atoms with Crippen LogP contribution in [-0.2, 0) is 14.6 Å². The highest BCUT2D eigenvalue weighted by atomic mass is 32.2. The van der Waals surface area contributed by atoms with Crippen molar-refractivity contribution in [1.29, 1.82) is 0 Å². The third-order valence-corrected chi connectivity index (χ3v) is 4.09. The Bertz CT molecular complexity index is 532. The maximum atomic E-state index is 11.7. The van der Waals surface area contributed by atoms with Gasteiger partial charge in [0.05, 0.1) is 10.9 Å². The van der Waals surface area contributed by atoms with Crippen molar-refractivity contribution in [3.63, 3.8) is 0 Å². The van der Waals surface area contributed by atoms with Crippen LogP contribution in [0.25, 0.3) is 0 Å². The number of nitrogens with one attached hydrogen (secondary N) is 1. The van der Waals surface area contributed by atoms with E-state index >= 15 is 0 Å². The fraction of sp³-hybridized carbons (Fsp3) is 0.500. The van der Waals surface area contributed by atoms with Crippen molar-refractivity contribution in [3.8, 4) is 0 Å². The molecule has 5 heteroatoms. The molecule has 1 atom stereocenters. The molecule has 0 spiro atoms. The summed E-state index contributed by atoms with van der Waals surface area (Å²) in [5.74, 6) is -0.0663. The number of carbonyl (C=O) groups is 1. The summed E-state index contributed by atoms with van der Waals surface area (Å²) in [6.45, 7) is 5.67. The average Bonchev–Trinajstić information content (AvgIpc) is 2.34. The molecule has 0 aromatic heterocycles. The molecular weight excluding hydrogens is 262 g/mol. The topological polar surface area (TPSA) is 63.2 Å². The first-order valence-electron chi connectivity index (χ1n) is 6.36. The smallest absolute Gasteiger partial charge is 0.223 e. The molecule has 4 nitrogen and oxygen atoms in total. The Kier molecular flexibility index (Phi) is 5.11. The summed E-state index contributed by atoms with van der Waals surface area (Å²) in [6, 6.07) is 6.59. The molecule has 0 heterocycles. The van der Waals surface area contributed by atoms with Crippen LogP contribution in [0.5, 0.6) is 0 Å². The first kappa shape index (κ1) is 15.7. The maximum Gasteiger partial charge on any atom is 0.223 e. The second-order valence-corrected chi connectivity index (χ2v) is 6.98. The van der Waals surface area contributed by atoms with Crippen LogP contribution in [0, 0.1) is 5.92 Å². The number of sulfone groups is 1. The molecule has 0 saturated carbocycles. The Balaban J connectivity index is 2.92. The lowest BCUT2D eigenvalue weighted by molar-refractivity contribution is -0.124. The van der Waals surface area contributed by atoms with E-state index in [9.17, 15) is 13.2 Å². The lowest BCUT2D eigenvalue weighted by Gasteiger charge is -2.19. The van der Waals surface area contributed by atoms with Gasteiger partial charge in [0.2, 0.25) is 5.91 Å². The highest BCUT2D eigenvalue weighted by molar-refractivity contribution is 7.90. The van der Waals surface area contributed by atoms with Crippen LogP contribution in [0.3, 0.4) is 0 Å². The van der Waals surface area contributed by atoms with E-state index < -0.39 is 9.84 Å². The van der Waals surface area contributed by atoms with Gasteiger partial charge in [-0.2, -0.15) is 0 Å². The Morgan fingerprint density at radius 1 is 1.21 bits per heavy atom. The largest absolute Gasteiger partial charge is 0.349 e. The lowest BCUT2D eigenvalue weighted by atomic mass is 10.0. The van der Waals surface area contributed by atoms with Gasteiger partial charge < -0.3 is 5.32 Å². The SMILES string of the molecule is CC[C@H](NC(=O)C(C)C)c1ccc(S(C)(=O)=O)cc1. The number of rotatable bonds is 5. The van der Waals surface area contributed by atoms with Crippen LogP contribution >= 0.6 is 0 Å². The van der Waals surface area contributed by atoms with Crippen molar-refractivity contribution < 1.29 is 13.2 Å². The molecule has 1 N–H and O–H groups in total. The normalized spacial score (nSPS) is 13.3. The van der Waals surface area contributed by atoms with Crippen LogP contribution < -0.4 is 5.32 Å². The Morgan fingerprint density at radius 3 is 2.11 bits per heavy atom. The molecule has 0 bridgehead atoms. The quantitative estimate of drug-likeness (QED) is 0.902. The molecule has 19 heavy (non-hydrogen) atoms. The predicted octanol–water partition coefficient (Wildman–Crippen LogP) is 2.31. The molecule has 106 valence electrons. The average molecular weight is 283 g/mol. The zero-order chi connectivity index (χ0) is 14.6. The van der Waals surface area contributed by atoms with Gasteiger partial charge in [0.15, 0.2) is 9.84 Å². The summed E-state index contributed by atoms with van der Waals surface area (Å²) >= 11 is 0. The van der Waals surface area contributed by atoms with Gasteiger partial charge in [-0.25, -0.2) is 8.42 Å². The van der Waals surface area contributed by atoms with Crippen LogP contribution in [0.15, 0.2) is 29.2 Å².